The molecule has 1 unspecified atom stereocenters. The fourth-order valence-electron chi connectivity index (χ4n) is 2.49. The molecule has 0 amide bonds. The molecule has 1 rings (SSSR count). The van der Waals surface area contributed by atoms with Crippen LogP contribution in [0.1, 0.15) is 34.1 Å². The lowest BCUT2D eigenvalue weighted by molar-refractivity contribution is 0.0763. The summed E-state index contributed by atoms with van der Waals surface area (Å²) >= 11 is 0. The molecule has 1 aliphatic heterocycles. The minimum absolute atomic E-state index is 0.0472. The Kier molecular flexibility index (Phi) is 4.77. The molecule has 4 nitrogen and oxygen atoms in total. The van der Waals surface area contributed by atoms with Crippen LogP contribution in [0, 0.1) is 0 Å². The average molecular weight is 227 g/mol. The molecule has 0 bridgehead atoms. The highest BCUT2D eigenvalue weighted by molar-refractivity contribution is 5.14. The highest BCUT2D eigenvalue weighted by Crippen LogP contribution is 2.26. The van der Waals surface area contributed by atoms with Gasteiger partial charge in [0.25, 0.3) is 0 Å². The van der Waals surface area contributed by atoms with Crippen molar-refractivity contribution in [3.05, 3.63) is 11.8 Å². The summed E-state index contributed by atoms with van der Waals surface area (Å²) < 4.78 is 5.62. The minimum Gasteiger partial charge on any atom is -0.496 e. The molecule has 0 aromatic heterocycles. The van der Waals surface area contributed by atoms with Crippen molar-refractivity contribution in [1.82, 2.24) is 10.3 Å². The lowest BCUT2D eigenvalue weighted by atomic mass is 9.91. The van der Waals surface area contributed by atoms with Crippen LogP contribution in [0.5, 0.6) is 0 Å². The van der Waals surface area contributed by atoms with E-state index in [-0.39, 0.29) is 11.6 Å². The summed E-state index contributed by atoms with van der Waals surface area (Å²) in [5.41, 5.74) is 2.85. The molecular weight excluding hydrogens is 202 g/mol. The number of hydrogen-bond donors (Lipinski definition) is 2. The van der Waals surface area contributed by atoms with Crippen molar-refractivity contribution < 1.29 is 4.74 Å². The Morgan fingerprint density at radius 1 is 1.50 bits per heavy atom. The van der Waals surface area contributed by atoms with Crippen LogP contribution in [0.15, 0.2) is 11.8 Å². The van der Waals surface area contributed by atoms with Gasteiger partial charge in [-0.05, 0) is 33.0 Å². The molecule has 0 aliphatic carbocycles. The van der Waals surface area contributed by atoms with Crippen molar-refractivity contribution in [3.8, 4) is 0 Å². The van der Waals surface area contributed by atoms with E-state index in [9.17, 15) is 0 Å². The van der Waals surface area contributed by atoms with Crippen LogP contribution in [0.3, 0.4) is 0 Å². The van der Waals surface area contributed by atoms with Crippen molar-refractivity contribution in [2.75, 3.05) is 19.7 Å². The average Bonchev–Trinajstić information content (AvgIpc) is 2.73. The summed E-state index contributed by atoms with van der Waals surface area (Å²) in [6.07, 6.45) is 3.12. The predicted molar refractivity (Wildman–Crippen MR) is 66.8 cm³/mol. The molecular formula is C12H25N3O. The second-order valence-corrected chi connectivity index (χ2v) is 4.67. The molecule has 0 aromatic rings. The number of hydrogen-bond acceptors (Lipinski definition) is 4. The number of ether oxygens (including phenoxy) is 1. The van der Waals surface area contributed by atoms with Crippen LogP contribution in [-0.2, 0) is 4.74 Å². The zero-order valence-corrected chi connectivity index (χ0v) is 10.9. The molecule has 0 radical (unpaired) electrons. The molecule has 16 heavy (non-hydrogen) atoms. The Labute approximate surface area is 98.8 Å². The maximum absolute atomic E-state index is 5.69. The Hall–Kier alpha value is -0.580. The molecule has 0 saturated heterocycles. The second kappa shape index (κ2) is 5.66. The standard InChI is InChI=1S/C12H25N3O/c1-5-15(6-2)12(3,4)11(14-13)10-8-7-9-16-10/h8,11,14H,5-7,9,13H2,1-4H3. The maximum Gasteiger partial charge on any atom is 0.112 e. The Balaban J connectivity index is 2.84. The largest absolute Gasteiger partial charge is 0.496 e. The number of nitrogens with one attached hydrogen (secondary N) is 1. The first-order chi connectivity index (χ1) is 7.57. The Morgan fingerprint density at radius 2 is 2.12 bits per heavy atom. The molecule has 4 heteroatoms. The van der Waals surface area contributed by atoms with Gasteiger partial charge in [-0.1, -0.05) is 13.8 Å². The van der Waals surface area contributed by atoms with Crippen molar-refractivity contribution in [1.29, 1.82) is 0 Å². The summed E-state index contributed by atoms with van der Waals surface area (Å²) in [5, 5.41) is 0. The normalized spacial score (nSPS) is 18.5. The molecule has 1 heterocycles. The van der Waals surface area contributed by atoms with Gasteiger partial charge in [-0.25, -0.2) is 5.43 Å². The zero-order chi connectivity index (χ0) is 12.2. The molecule has 1 aliphatic rings. The molecule has 0 aromatic carbocycles. The molecule has 3 N–H and O–H groups in total. The third-order valence-electron chi connectivity index (χ3n) is 3.47. The first-order valence-electron chi connectivity index (χ1n) is 6.11. The van der Waals surface area contributed by atoms with Crippen molar-refractivity contribution in [2.45, 2.75) is 45.7 Å². The summed E-state index contributed by atoms with van der Waals surface area (Å²) in [6, 6.07) is 0.0508. The van der Waals surface area contributed by atoms with Crippen LogP contribution < -0.4 is 11.3 Å². The van der Waals surface area contributed by atoms with Gasteiger partial charge in [0, 0.05) is 12.0 Å². The molecule has 94 valence electrons. The van der Waals surface area contributed by atoms with Crippen LogP contribution >= 0.6 is 0 Å². The van der Waals surface area contributed by atoms with Gasteiger partial charge in [0.15, 0.2) is 0 Å². The lowest BCUT2D eigenvalue weighted by Gasteiger charge is -2.43. The summed E-state index contributed by atoms with van der Waals surface area (Å²) in [5.74, 6) is 6.67. The van der Waals surface area contributed by atoms with E-state index in [1.165, 1.54) is 0 Å². The Bertz CT molecular complexity index is 247. The number of likely N-dealkylation sites (N-methyl/N-ethyl adjacent to an activating group) is 1. The lowest BCUT2D eigenvalue weighted by Crippen LogP contribution is -2.60. The third kappa shape index (κ3) is 2.56. The third-order valence-corrected chi connectivity index (χ3v) is 3.47. The topological polar surface area (TPSA) is 50.5 Å². The van der Waals surface area contributed by atoms with E-state index < -0.39 is 0 Å². The molecule has 0 saturated carbocycles. The van der Waals surface area contributed by atoms with Gasteiger partial charge in [-0.15, -0.1) is 0 Å². The fourth-order valence-corrected chi connectivity index (χ4v) is 2.49. The second-order valence-electron chi connectivity index (χ2n) is 4.67. The van der Waals surface area contributed by atoms with Crippen LogP contribution in [0.4, 0.5) is 0 Å². The summed E-state index contributed by atoms with van der Waals surface area (Å²) in [6.45, 7) is 11.5. The minimum atomic E-state index is -0.0472. The number of hydrazine groups is 1. The van der Waals surface area contributed by atoms with Crippen molar-refractivity contribution in [2.24, 2.45) is 5.84 Å². The van der Waals surface area contributed by atoms with Gasteiger partial charge in [0.1, 0.15) is 5.76 Å². The van der Waals surface area contributed by atoms with E-state index in [2.05, 4.69) is 44.1 Å². The van der Waals surface area contributed by atoms with Gasteiger partial charge >= 0.3 is 0 Å². The van der Waals surface area contributed by atoms with Gasteiger partial charge in [0.05, 0.1) is 12.6 Å². The first-order valence-corrected chi connectivity index (χ1v) is 6.11. The van der Waals surface area contributed by atoms with Crippen molar-refractivity contribution >= 4 is 0 Å². The quantitative estimate of drug-likeness (QED) is 0.529. The molecule has 0 spiro atoms. The van der Waals surface area contributed by atoms with Crippen LogP contribution in [0.2, 0.25) is 0 Å². The van der Waals surface area contributed by atoms with Gasteiger partial charge in [-0.3, -0.25) is 10.7 Å². The predicted octanol–water partition coefficient (Wildman–Crippen LogP) is 1.24. The van der Waals surface area contributed by atoms with Crippen LogP contribution in [0.25, 0.3) is 0 Å². The van der Waals surface area contributed by atoms with Gasteiger partial charge in [-0.2, -0.15) is 0 Å². The van der Waals surface area contributed by atoms with Gasteiger partial charge < -0.3 is 4.74 Å². The number of nitrogens with zero attached hydrogens (tertiary/aromatic N) is 1. The first kappa shape index (κ1) is 13.5. The van der Waals surface area contributed by atoms with E-state index in [4.69, 9.17) is 10.6 Å². The monoisotopic (exact) mass is 227 g/mol. The SMILES string of the molecule is CCN(CC)C(C)(C)C(NN)C1=CCCO1. The zero-order valence-electron chi connectivity index (χ0n) is 10.9. The smallest absolute Gasteiger partial charge is 0.112 e. The Morgan fingerprint density at radius 3 is 2.50 bits per heavy atom. The van der Waals surface area contributed by atoms with Crippen molar-refractivity contribution in [3.63, 3.8) is 0 Å². The summed E-state index contributed by atoms with van der Waals surface area (Å²) in [4.78, 5) is 2.39. The molecule has 1 atom stereocenters. The van der Waals surface area contributed by atoms with E-state index in [0.29, 0.717) is 0 Å². The molecule has 0 fully saturated rings. The van der Waals surface area contributed by atoms with Crippen LogP contribution in [-0.4, -0.2) is 36.2 Å². The van der Waals surface area contributed by atoms with E-state index in [1.807, 2.05) is 0 Å². The van der Waals surface area contributed by atoms with E-state index in [1.54, 1.807) is 0 Å². The number of nitrogens with two attached hydrogens (primary N) is 1. The highest BCUT2D eigenvalue weighted by atomic mass is 16.5. The van der Waals surface area contributed by atoms with Gasteiger partial charge in [0.2, 0.25) is 0 Å². The van der Waals surface area contributed by atoms with E-state index in [0.717, 1.165) is 31.9 Å². The fraction of sp³-hybridized carbons (Fsp3) is 0.833. The number of rotatable bonds is 6. The highest BCUT2D eigenvalue weighted by Gasteiger charge is 2.37. The van der Waals surface area contributed by atoms with E-state index >= 15 is 0 Å². The maximum atomic E-state index is 5.69. The summed E-state index contributed by atoms with van der Waals surface area (Å²) in [7, 11) is 0.